The Morgan fingerprint density at radius 2 is 2.09 bits per heavy atom. The second-order valence-electron chi connectivity index (χ2n) is 5.13. The molecule has 0 saturated carbocycles. The first kappa shape index (κ1) is 14.9. The summed E-state index contributed by atoms with van der Waals surface area (Å²) in [5.74, 6) is 0.967. The molecule has 0 aliphatic carbocycles. The number of anilines is 2. The van der Waals surface area contributed by atoms with Gasteiger partial charge in [0.05, 0.1) is 6.54 Å². The average Bonchev–Trinajstić information content (AvgIpc) is 3.10. The lowest BCUT2D eigenvalue weighted by molar-refractivity contribution is 0.157. The van der Waals surface area contributed by atoms with Crippen LogP contribution < -0.4 is 10.6 Å². The molecule has 0 unspecified atom stereocenters. The first-order valence-electron chi connectivity index (χ1n) is 7.12. The Bertz CT molecular complexity index is 711. The largest absolute Gasteiger partial charge is 0.448 e. The zero-order valence-electron chi connectivity index (χ0n) is 12.5. The van der Waals surface area contributed by atoms with Gasteiger partial charge in [0, 0.05) is 18.3 Å². The Labute approximate surface area is 132 Å². The predicted molar refractivity (Wildman–Crippen MR) is 82.1 cm³/mol. The smallest absolute Gasteiger partial charge is 0.410 e. The molecule has 120 valence electrons. The molecule has 1 aliphatic rings. The molecule has 8 nitrogen and oxygen atoms in total. The van der Waals surface area contributed by atoms with Crippen LogP contribution in [0.2, 0.25) is 0 Å². The third-order valence-corrected chi connectivity index (χ3v) is 3.30. The number of hydrogen-bond acceptors (Lipinski definition) is 5. The topological polar surface area (TPSA) is 96.7 Å². The van der Waals surface area contributed by atoms with Gasteiger partial charge in [-0.3, -0.25) is 5.32 Å². The first-order valence-corrected chi connectivity index (χ1v) is 7.12. The third-order valence-electron chi connectivity index (χ3n) is 3.30. The van der Waals surface area contributed by atoms with Crippen molar-refractivity contribution in [1.82, 2.24) is 10.1 Å². The molecule has 8 heteroatoms. The van der Waals surface area contributed by atoms with E-state index in [1.165, 1.54) is 0 Å². The van der Waals surface area contributed by atoms with E-state index in [1.807, 2.05) is 12.1 Å². The third kappa shape index (κ3) is 3.79. The van der Waals surface area contributed by atoms with E-state index in [9.17, 15) is 9.59 Å². The highest BCUT2D eigenvalue weighted by Crippen LogP contribution is 2.14. The number of ether oxygens (including phenoxy) is 1. The van der Waals surface area contributed by atoms with Crippen LogP contribution in [0.1, 0.15) is 11.3 Å². The van der Waals surface area contributed by atoms with Gasteiger partial charge < -0.3 is 19.5 Å². The number of amides is 3. The fourth-order valence-corrected chi connectivity index (χ4v) is 2.19. The van der Waals surface area contributed by atoms with Crippen molar-refractivity contribution in [3.63, 3.8) is 0 Å². The van der Waals surface area contributed by atoms with Gasteiger partial charge in [-0.05, 0) is 24.6 Å². The summed E-state index contributed by atoms with van der Waals surface area (Å²) in [6.07, 6.45) is -0.297. The summed E-state index contributed by atoms with van der Waals surface area (Å²) in [6, 6.07) is 8.45. The molecular formula is C15H16N4O4. The normalized spacial score (nSPS) is 13.8. The van der Waals surface area contributed by atoms with Crippen LogP contribution in [-0.4, -0.2) is 35.3 Å². The summed E-state index contributed by atoms with van der Waals surface area (Å²) in [4.78, 5) is 24.8. The number of nitrogens with zero attached hydrogens (tertiary/aromatic N) is 2. The van der Waals surface area contributed by atoms with Crippen molar-refractivity contribution in [3.8, 4) is 0 Å². The zero-order chi connectivity index (χ0) is 16.2. The van der Waals surface area contributed by atoms with Crippen LogP contribution in [0, 0.1) is 6.92 Å². The molecule has 1 fully saturated rings. The molecule has 1 aliphatic heterocycles. The van der Waals surface area contributed by atoms with Gasteiger partial charge in [-0.1, -0.05) is 17.3 Å². The Hall–Kier alpha value is -3.03. The molecule has 2 heterocycles. The van der Waals surface area contributed by atoms with E-state index in [-0.39, 0.29) is 6.09 Å². The number of carbonyl (C=O) groups is 2. The van der Waals surface area contributed by atoms with E-state index < -0.39 is 6.03 Å². The Morgan fingerprint density at radius 3 is 2.70 bits per heavy atom. The summed E-state index contributed by atoms with van der Waals surface area (Å²) >= 11 is 0. The highest BCUT2D eigenvalue weighted by Gasteiger charge is 2.21. The number of cyclic esters (lactones) is 1. The van der Waals surface area contributed by atoms with Crippen LogP contribution in [0.25, 0.3) is 0 Å². The first-order chi connectivity index (χ1) is 11.1. The van der Waals surface area contributed by atoms with Gasteiger partial charge in [-0.15, -0.1) is 0 Å². The number of hydrogen-bond donors (Lipinski definition) is 2. The molecule has 2 aromatic rings. The number of urea groups is 1. The number of benzene rings is 1. The minimum Gasteiger partial charge on any atom is -0.448 e. The second kappa shape index (κ2) is 6.39. The summed E-state index contributed by atoms with van der Waals surface area (Å²) in [5, 5.41) is 8.94. The summed E-state index contributed by atoms with van der Waals surface area (Å²) in [5.41, 5.74) is 1.59. The summed E-state index contributed by atoms with van der Waals surface area (Å²) in [7, 11) is 0. The van der Waals surface area contributed by atoms with Gasteiger partial charge in [0.2, 0.25) is 0 Å². The molecule has 3 amide bonds. The molecule has 2 N–H and O–H groups in total. The molecule has 0 spiro atoms. The highest BCUT2D eigenvalue weighted by atomic mass is 16.6. The average molecular weight is 316 g/mol. The van der Waals surface area contributed by atoms with Gasteiger partial charge in [-0.25, -0.2) is 9.59 Å². The maximum Gasteiger partial charge on any atom is 0.410 e. The lowest BCUT2D eigenvalue weighted by atomic mass is 10.2. The number of aromatic nitrogens is 1. The van der Waals surface area contributed by atoms with E-state index in [0.717, 1.165) is 5.56 Å². The summed E-state index contributed by atoms with van der Waals surface area (Å²) < 4.78 is 9.75. The zero-order valence-corrected chi connectivity index (χ0v) is 12.5. The summed E-state index contributed by atoms with van der Waals surface area (Å²) in [6.45, 7) is 3.26. The molecule has 3 rings (SSSR count). The van der Waals surface area contributed by atoms with Crippen molar-refractivity contribution in [3.05, 3.63) is 41.7 Å². The minimum absolute atomic E-state index is 0.297. The van der Waals surface area contributed by atoms with Crippen LogP contribution in [0.5, 0.6) is 0 Å². The fourth-order valence-electron chi connectivity index (χ4n) is 2.19. The van der Waals surface area contributed by atoms with Crippen molar-refractivity contribution >= 4 is 23.6 Å². The molecule has 0 atom stereocenters. The van der Waals surface area contributed by atoms with Crippen LogP contribution in [0.4, 0.5) is 21.1 Å². The number of carbonyl (C=O) groups excluding carboxylic acids is 2. The van der Waals surface area contributed by atoms with Crippen LogP contribution in [0.3, 0.4) is 0 Å². The fraction of sp³-hybridized carbons (Fsp3) is 0.267. The van der Waals surface area contributed by atoms with E-state index in [2.05, 4.69) is 15.8 Å². The molecule has 1 aromatic heterocycles. The lowest BCUT2D eigenvalue weighted by Crippen LogP contribution is -2.23. The highest BCUT2D eigenvalue weighted by molar-refractivity contribution is 5.99. The van der Waals surface area contributed by atoms with E-state index in [1.54, 1.807) is 30.0 Å². The van der Waals surface area contributed by atoms with Crippen molar-refractivity contribution in [2.75, 3.05) is 23.8 Å². The minimum atomic E-state index is -0.408. The van der Waals surface area contributed by atoms with E-state index >= 15 is 0 Å². The molecule has 1 aromatic carbocycles. The molecule has 23 heavy (non-hydrogen) atoms. The quantitative estimate of drug-likeness (QED) is 0.903. The van der Waals surface area contributed by atoms with E-state index in [4.69, 9.17) is 9.26 Å². The van der Waals surface area contributed by atoms with Gasteiger partial charge in [0.1, 0.15) is 12.4 Å². The SMILES string of the molecule is Cc1cc(NC(=O)Nc2ccc(CN3CCOC3=O)cc2)no1. The Morgan fingerprint density at radius 1 is 1.30 bits per heavy atom. The monoisotopic (exact) mass is 316 g/mol. The predicted octanol–water partition coefficient (Wildman–Crippen LogP) is 2.58. The molecule has 0 bridgehead atoms. The number of rotatable bonds is 4. The van der Waals surface area contributed by atoms with Gasteiger partial charge in [0.25, 0.3) is 0 Å². The van der Waals surface area contributed by atoms with Gasteiger partial charge in [-0.2, -0.15) is 0 Å². The molecule has 0 radical (unpaired) electrons. The maximum absolute atomic E-state index is 11.8. The number of aryl methyl sites for hydroxylation is 1. The lowest BCUT2D eigenvalue weighted by Gasteiger charge is -2.13. The van der Waals surface area contributed by atoms with Crippen molar-refractivity contribution in [2.45, 2.75) is 13.5 Å². The van der Waals surface area contributed by atoms with Crippen LogP contribution in [0.15, 0.2) is 34.9 Å². The van der Waals surface area contributed by atoms with E-state index in [0.29, 0.717) is 37.0 Å². The Kier molecular flexibility index (Phi) is 4.13. The van der Waals surface area contributed by atoms with Crippen molar-refractivity contribution < 1.29 is 18.8 Å². The standard InChI is InChI=1S/C15H16N4O4/c1-10-8-13(18-23-10)17-14(20)16-12-4-2-11(3-5-12)9-19-6-7-22-15(19)21/h2-5,8H,6-7,9H2,1H3,(H2,16,17,18,20). The second-order valence-corrected chi connectivity index (χ2v) is 5.13. The van der Waals surface area contributed by atoms with Crippen molar-refractivity contribution in [1.29, 1.82) is 0 Å². The number of nitrogens with one attached hydrogen (secondary N) is 2. The Balaban J connectivity index is 1.54. The van der Waals surface area contributed by atoms with Gasteiger partial charge in [0.15, 0.2) is 5.82 Å². The maximum atomic E-state index is 11.8. The molecule has 1 saturated heterocycles. The van der Waals surface area contributed by atoms with Crippen LogP contribution >= 0.6 is 0 Å². The van der Waals surface area contributed by atoms with Gasteiger partial charge >= 0.3 is 12.1 Å². The van der Waals surface area contributed by atoms with Crippen molar-refractivity contribution in [2.24, 2.45) is 0 Å². The molecular weight excluding hydrogens is 300 g/mol. The van der Waals surface area contributed by atoms with Crippen LogP contribution in [-0.2, 0) is 11.3 Å².